The van der Waals surface area contributed by atoms with Crippen LogP contribution in [0.3, 0.4) is 0 Å². The largest absolute Gasteiger partial charge is 0.322 e. The summed E-state index contributed by atoms with van der Waals surface area (Å²) >= 11 is 2.91. The van der Waals surface area contributed by atoms with Crippen LogP contribution < -0.4 is 16.0 Å². The smallest absolute Gasteiger partial charge is 0.321 e. The lowest BCUT2D eigenvalue weighted by molar-refractivity contribution is -0.123. The van der Waals surface area contributed by atoms with Crippen LogP contribution >= 0.6 is 22.7 Å². The zero-order valence-electron chi connectivity index (χ0n) is 15.0. The van der Waals surface area contributed by atoms with Crippen LogP contribution in [0.4, 0.5) is 10.5 Å². The molecule has 1 aliphatic heterocycles. The van der Waals surface area contributed by atoms with Crippen molar-refractivity contribution in [3.05, 3.63) is 57.2 Å². The van der Waals surface area contributed by atoms with Gasteiger partial charge in [0, 0.05) is 16.6 Å². The van der Waals surface area contributed by atoms with Gasteiger partial charge in [-0.25, -0.2) is 9.78 Å². The van der Waals surface area contributed by atoms with Gasteiger partial charge in [-0.05, 0) is 43.0 Å². The van der Waals surface area contributed by atoms with Gasteiger partial charge in [-0.15, -0.1) is 11.3 Å². The predicted octanol–water partition coefficient (Wildman–Crippen LogP) is 3.49. The highest BCUT2D eigenvalue weighted by molar-refractivity contribution is 7.17. The number of carbonyl (C=O) groups excluding carboxylic acids is 3. The van der Waals surface area contributed by atoms with E-state index in [1.807, 2.05) is 16.8 Å². The average Bonchev–Trinajstić information content (AvgIpc) is 3.36. The molecule has 4 amide bonds. The summed E-state index contributed by atoms with van der Waals surface area (Å²) in [5, 5.41) is 12.5. The first-order chi connectivity index (χ1) is 13.4. The number of anilines is 1. The Morgan fingerprint density at radius 1 is 1.25 bits per heavy atom. The predicted molar refractivity (Wildman–Crippen MR) is 109 cm³/mol. The molecular formula is C19H16N4O3S2. The summed E-state index contributed by atoms with van der Waals surface area (Å²) in [6.07, 6.45) is 0. The van der Waals surface area contributed by atoms with Crippen molar-refractivity contribution in [1.82, 2.24) is 15.6 Å². The van der Waals surface area contributed by atoms with Gasteiger partial charge in [-0.3, -0.25) is 14.9 Å². The first-order valence-corrected chi connectivity index (χ1v) is 10.2. The molecule has 4 rings (SSSR count). The number of urea groups is 1. The van der Waals surface area contributed by atoms with E-state index < -0.39 is 17.5 Å². The number of imide groups is 1. The number of carbonyl (C=O) groups is 3. The second-order valence-electron chi connectivity index (χ2n) is 6.51. The van der Waals surface area contributed by atoms with Crippen LogP contribution in [0.15, 0.2) is 41.1 Å². The molecule has 0 bridgehead atoms. The Morgan fingerprint density at radius 3 is 2.75 bits per heavy atom. The average molecular weight is 412 g/mol. The molecule has 0 saturated carbocycles. The molecule has 28 heavy (non-hydrogen) atoms. The molecule has 1 saturated heterocycles. The molecule has 1 aromatic carbocycles. The summed E-state index contributed by atoms with van der Waals surface area (Å²) in [5.41, 5.74) is 1.59. The molecule has 1 aliphatic rings. The van der Waals surface area contributed by atoms with Crippen molar-refractivity contribution < 1.29 is 14.4 Å². The molecule has 7 nitrogen and oxygen atoms in total. The monoisotopic (exact) mass is 412 g/mol. The second-order valence-corrected chi connectivity index (χ2v) is 8.29. The topological polar surface area (TPSA) is 100 Å². The Kier molecular flexibility index (Phi) is 4.48. The molecular weight excluding hydrogens is 396 g/mol. The second kappa shape index (κ2) is 6.84. The molecule has 3 aromatic rings. The van der Waals surface area contributed by atoms with Crippen molar-refractivity contribution in [3.63, 3.8) is 0 Å². The maximum atomic E-state index is 12.8. The Labute approximate surface area is 168 Å². The molecule has 0 aliphatic carbocycles. The van der Waals surface area contributed by atoms with Gasteiger partial charge in [-0.2, -0.15) is 11.3 Å². The highest BCUT2D eigenvalue weighted by Gasteiger charge is 2.43. The van der Waals surface area contributed by atoms with Crippen molar-refractivity contribution >= 4 is 46.2 Å². The quantitative estimate of drug-likeness (QED) is 0.571. The summed E-state index contributed by atoms with van der Waals surface area (Å²) in [6.45, 7) is 3.42. The summed E-state index contributed by atoms with van der Waals surface area (Å²) < 4.78 is 0. The van der Waals surface area contributed by atoms with E-state index in [1.54, 1.807) is 49.4 Å². The number of nitrogens with zero attached hydrogens (tertiary/aromatic N) is 1. The molecule has 142 valence electrons. The highest BCUT2D eigenvalue weighted by Crippen LogP contribution is 2.31. The fourth-order valence-electron chi connectivity index (χ4n) is 2.96. The number of thiazole rings is 1. The number of rotatable bonds is 4. The Hall–Kier alpha value is -3.04. The van der Waals surface area contributed by atoms with Gasteiger partial charge in [0.05, 0.1) is 5.69 Å². The Balaban J connectivity index is 1.58. The third-order valence-electron chi connectivity index (χ3n) is 4.51. The summed E-state index contributed by atoms with van der Waals surface area (Å²) in [6, 6.07) is 8.30. The van der Waals surface area contributed by atoms with Gasteiger partial charge in [0.15, 0.2) is 0 Å². The van der Waals surface area contributed by atoms with Gasteiger partial charge < -0.3 is 10.6 Å². The number of nitrogens with one attached hydrogen (secondary N) is 3. The number of benzene rings is 1. The van der Waals surface area contributed by atoms with Crippen molar-refractivity contribution in [2.75, 3.05) is 5.32 Å². The van der Waals surface area contributed by atoms with Crippen LogP contribution in [0, 0.1) is 6.92 Å². The maximum absolute atomic E-state index is 12.8. The van der Waals surface area contributed by atoms with E-state index in [0.717, 1.165) is 10.6 Å². The van der Waals surface area contributed by atoms with Crippen molar-refractivity contribution in [2.45, 2.75) is 19.4 Å². The van der Waals surface area contributed by atoms with Crippen LogP contribution in [0.1, 0.15) is 27.9 Å². The normalized spacial score (nSPS) is 18.6. The number of hydrogen-bond donors (Lipinski definition) is 3. The van der Waals surface area contributed by atoms with Gasteiger partial charge in [0.25, 0.3) is 11.8 Å². The minimum atomic E-state index is -1.18. The van der Waals surface area contributed by atoms with Gasteiger partial charge in [0.2, 0.25) is 0 Å². The molecule has 1 fully saturated rings. The van der Waals surface area contributed by atoms with Gasteiger partial charge in [-0.1, -0.05) is 12.1 Å². The van der Waals surface area contributed by atoms with E-state index in [0.29, 0.717) is 21.8 Å². The Morgan fingerprint density at radius 2 is 2.07 bits per heavy atom. The van der Waals surface area contributed by atoms with Crippen molar-refractivity contribution in [3.8, 4) is 10.6 Å². The molecule has 0 radical (unpaired) electrons. The SMILES string of the molecule is Cc1nc(-c2ccsc2)sc1C(=O)Nc1cccc([C@@]2(C)NC(=O)NC2=O)c1. The lowest BCUT2D eigenvalue weighted by Crippen LogP contribution is -2.40. The summed E-state index contributed by atoms with van der Waals surface area (Å²) in [7, 11) is 0. The van der Waals surface area contributed by atoms with Crippen LogP contribution in [-0.4, -0.2) is 22.8 Å². The molecule has 3 heterocycles. The summed E-state index contributed by atoms with van der Waals surface area (Å²) in [5.74, 6) is -0.696. The standard InChI is InChI=1S/C19H16N4O3S2/c1-10-14(28-16(20-10)11-6-7-27-9-11)15(24)21-13-5-3-4-12(8-13)19(2)17(25)22-18(26)23-19/h3-9H,1-2H3,(H,21,24)(H2,22,23,25,26)/t19-/m1/s1. The van der Waals surface area contributed by atoms with E-state index in [4.69, 9.17) is 0 Å². The van der Waals surface area contributed by atoms with E-state index in [2.05, 4.69) is 20.9 Å². The number of hydrogen-bond acceptors (Lipinski definition) is 6. The molecule has 0 unspecified atom stereocenters. The number of aryl methyl sites for hydroxylation is 1. The van der Waals surface area contributed by atoms with Gasteiger partial charge >= 0.3 is 6.03 Å². The number of aromatic nitrogens is 1. The van der Waals surface area contributed by atoms with Crippen LogP contribution in [0.25, 0.3) is 10.6 Å². The molecule has 2 aromatic heterocycles. The zero-order chi connectivity index (χ0) is 19.9. The minimum Gasteiger partial charge on any atom is -0.321 e. The highest BCUT2D eigenvalue weighted by atomic mass is 32.1. The van der Waals surface area contributed by atoms with E-state index in [9.17, 15) is 14.4 Å². The van der Waals surface area contributed by atoms with Crippen molar-refractivity contribution in [2.24, 2.45) is 0 Å². The minimum absolute atomic E-state index is 0.265. The van der Waals surface area contributed by atoms with Crippen LogP contribution in [0.2, 0.25) is 0 Å². The van der Waals surface area contributed by atoms with E-state index >= 15 is 0 Å². The molecule has 9 heteroatoms. The number of amides is 4. The Bertz CT molecular complexity index is 1090. The first-order valence-electron chi connectivity index (χ1n) is 8.42. The fourth-order valence-corrected chi connectivity index (χ4v) is 4.63. The maximum Gasteiger partial charge on any atom is 0.322 e. The first kappa shape index (κ1) is 18.3. The lowest BCUT2D eigenvalue weighted by Gasteiger charge is -2.21. The van der Waals surface area contributed by atoms with E-state index in [1.165, 1.54) is 11.3 Å². The lowest BCUT2D eigenvalue weighted by atomic mass is 9.92. The van der Waals surface area contributed by atoms with Crippen LogP contribution in [-0.2, 0) is 10.3 Å². The van der Waals surface area contributed by atoms with E-state index in [-0.39, 0.29) is 5.91 Å². The zero-order valence-corrected chi connectivity index (χ0v) is 16.7. The third kappa shape index (κ3) is 3.19. The molecule has 3 N–H and O–H groups in total. The molecule has 0 spiro atoms. The third-order valence-corrected chi connectivity index (χ3v) is 6.40. The number of thiophene rings is 1. The van der Waals surface area contributed by atoms with Crippen LogP contribution in [0.5, 0.6) is 0 Å². The van der Waals surface area contributed by atoms with Gasteiger partial charge in [0.1, 0.15) is 15.4 Å². The summed E-state index contributed by atoms with van der Waals surface area (Å²) in [4.78, 5) is 41.4. The fraction of sp³-hybridized carbons (Fsp3) is 0.158. The molecule has 1 atom stereocenters. The van der Waals surface area contributed by atoms with Crippen molar-refractivity contribution in [1.29, 1.82) is 0 Å².